The minimum atomic E-state index is 0.588. The van der Waals surface area contributed by atoms with Crippen molar-refractivity contribution in [1.82, 2.24) is 4.98 Å². The lowest BCUT2D eigenvalue weighted by Crippen LogP contribution is -1.97. The molecule has 1 heterocycles. The van der Waals surface area contributed by atoms with E-state index in [0.717, 1.165) is 39.6 Å². The first kappa shape index (κ1) is 24.0. The third-order valence-electron chi connectivity index (χ3n) is 5.60. The molecule has 32 heavy (non-hydrogen) atoms. The van der Waals surface area contributed by atoms with E-state index < -0.39 is 0 Å². The Hall–Kier alpha value is -2.64. The fourth-order valence-corrected chi connectivity index (χ4v) is 4.67. The molecule has 0 saturated carbocycles. The normalized spacial score (nSPS) is 11.6. The molecule has 0 N–H and O–H groups in total. The number of hydrogen-bond donors (Lipinski definition) is 0. The smallest absolute Gasteiger partial charge is 0.135 e. The summed E-state index contributed by atoms with van der Waals surface area (Å²) in [6, 6.07) is 18.2. The van der Waals surface area contributed by atoms with E-state index in [9.17, 15) is 5.26 Å². The summed E-state index contributed by atoms with van der Waals surface area (Å²) in [7, 11) is 0. The van der Waals surface area contributed by atoms with Gasteiger partial charge in [0.1, 0.15) is 16.8 Å². The van der Waals surface area contributed by atoms with Crippen molar-refractivity contribution in [3.05, 3.63) is 59.1 Å². The van der Waals surface area contributed by atoms with Crippen molar-refractivity contribution in [2.75, 3.05) is 6.61 Å². The van der Waals surface area contributed by atoms with E-state index in [0.29, 0.717) is 5.57 Å². The minimum Gasteiger partial charge on any atom is -0.494 e. The zero-order chi connectivity index (χ0) is 22.4. The minimum absolute atomic E-state index is 0.588. The van der Waals surface area contributed by atoms with Crippen LogP contribution in [0.3, 0.4) is 0 Å². The van der Waals surface area contributed by atoms with E-state index >= 15 is 0 Å². The van der Waals surface area contributed by atoms with Gasteiger partial charge in [-0.3, -0.25) is 0 Å². The van der Waals surface area contributed by atoms with Crippen LogP contribution in [0.2, 0.25) is 0 Å². The van der Waals surface area contributed by atoms with Crippen molar-refractivity contribution in [2.24, 2.45) is 0 Å². The second-order valence-electron chi connectivity index (χ2n) is 8.26. The van der Waals surface area contributed by atoms with Gasteiger partial charge in [-0.25, -0.2) is 4.98 Å². The van der Waals surface area contributed by atoms with Crippen molar-refractivity contribution < 1.29 is 4.74 Å². The van der Waals surface area contributed by atoms with E-state index in [1.165, 1.54) is 57.8 Å². The molecule has 3 aromatic rings. The molecule has 0 aliphatic carbocycles. The standard InChI is InChI=1S/C28H34N2OS/c1-2-3-4-5-6-7-8-9-10-13-20-31-25-18-16-23(17-19-25)21-24(22-29)28-30-26-14-11-12-15-27(26)32-28/h11-12,14-19,21H,2-10,13,20H2,1H3/b24-21+. The van der Waals surface area contributed by atoms with Gasteiger partial charge in [0.25, 0.3) is 0 Å². The predicted molar refractivity (Wildman–Crippen MR) is 137 cm³/mol. The number of para-hydroxylation sites is 1. The zero-order valence-corrected chi connectivity index (χ0v) is 20.0. The highest BCUT2D eigenvalue weighted by Gasteiger charge is 2.08. The molecule has 168 valence electrons. The van der Waals surface area contributed by atoms with Crippen LogP contribution < -0.4 is 4.74 Å². The highest BCUT2D eigenvalue weighted by atomic mass is 32.1. The van der Waals surface area contributed by atoms with Gasteiger partial charge in [-0.15, -0.1) is 11.3 Å². The Kier molecular flexibility index (Phi) is 10.3. The van der Waals surface area contributed by atoms with Gasteiger partial charge in [0, 0.05) is 0 Å². The van der Waals surface area contributed by atoms with E-state index in [1.54, 1.807) is 11.3 Å². The molecule has 0 radical (unpaired) electrons. The number of fused-ring (bicyclic) bond motifs is 1. The van der Waals surface area contributed by atoms with Crippen LogP contribution in [-0.4, -0.2) is 11.6 Å². The summed E-state index contributed by atoms with van der Waals surface area (Å²) >= 11 is 1.55. The van der Waals surface area contributed by atoms with Gasteiger partial charge in [-0.05, 0) is 42.3 Å². The third kappa shape index (κ3) is 7.80. The van der Waals surface area contributed by atoms with Crippen molar-refractivity contribution in [3.8, 4) is 11.8 Å². The lowest BCUT2D eigenvalue weighted by Gasteiger charge is -2.07. The molecule has 3 nitrogen and oxygen atoms in total. The Labute approximate surface area is 196 Å². The van der Waals surface area contributed by atoms with E-state index in [-0.39, 0.29) is 0 Å². The van der Waals surface area contributed by atoms with Crippen LogP contribution in [0.1, 0.15) is 81.7 Å². The lowest BCUT2D eigenvalue weighted by molar-refractivity contribution is 0.304. The topological polar surface area (TPSA) is 45.9 Å². The number of nitriles is 1. The number of allylic oxidation sites excluding steroid dienone is 1. The maximum absolute atomic E-state index is 9.61. The molecule has 0 bridgehead atoms. The van der Waals surface area contributed by atoms with Crippen LogP contribution in [0.25, 0.3) is 21.9 Å². The largest absolute Gasteiger partial charge is 0.494 e. The maximum atomic E-state index is 9.61. The first-order valence-electron chi connectivity index (χ1n) is 12.0. The van der Waals surface area contributed by atoms with Crippen LogP contribution in [0.5, 0.6) is 5.75 Å². The van der Waals surface area contributed by atoms with Gasteiger partial charge in [0.05, 0.1) is 22.4 Å². The number of hydrogen-bond acceptors (Lipinski definition) is 4. The molecule has 1 aromatic heterocycles. The molecule has 0 spiro atoms. The first-order valence-corrected chi connectivity index (χ1v) is 12.8. The Bertz CT molecular complexity index is 981. The molecule has 0 aliphatic heterocycles. The highest BCUT2D eigenvalue weighted by Crippen LogP contribution is 2.28. The molecular formula is C28H34N2OS. The molecule has 0 unspecified atom stereocenters. The summed E-state index contributed by atoms with van der Waals surface area (Å²) < 4.78 is 6.99. The second kappa shape index (κ2) is 13.7. The molecular weight excluding hydrogens is 412 g/mol. The Morgan fingerprint density at radius 2 is 1.56 bits per heavy atom. The van der Waals surface area contributed by atoms with Gasteiger partial charge in [0.2, 0.25) is 0 Å². The summed E-state index contributed by atoms with van der Waals surface area (Å²) in [5.41, 5.74) is 2.50. The van der Waals surface area contributed by atoms with Gasteiger partial charge in [-0.2, -0.15) is 5.26 Å². The fraction of sp³-hybridized carbons (Fsp3) is 0.429. The average Bonchev–Trinajstić information content (AvgIpc) is 3.26. The maximum Gasteiger partial charge on any atom is 0.135 e. The SMILES string of the molecule is CCCCCCCCCCCCOc1ccc(/C=C(\C#N)c2nc3ccccc3s2)cc1. The molecule has 4 heteroatoms. The summed E-state index contributed by atoms with van der Waals surface area (Å²) in [5, 5.41) is 10.4. The van der Waals surface area contributed by atoms with Crippen LogP contribution in [0.15, 0.2) is 48.5 Å². The number of rotatable bonds is 14. The van der Waals surface area contributed by atoms with Crippen molar-refractivity contribution >= 4 is 33.2 Å². The highest BCUT2D eigenvalue weighted by molar-refractivity contribution is 7.19. The van der Waals surface area contributed by atoms with Crippen molar-refractivity contribution in [1.29, 1.82) is 5.26 Å². The molecule has 0 amide bonds. The molecule has 2 aromatic carbocycles. The summed E-state index contributed by atoms with van der Waals surface area (Å²) in [6.45, 7) is 3.03. The quantitative estimate of drug-likeness (QED) is 0.184. The number of ether oxygens (including phenoxy) is 1. The van der Waals surface area contributed by atoms with Gasteiger partial charge >= 0.3 is 0 Å². The summed E-state index contributed by atoms with van der Waals surface area (Å²) in [6.07, 6.45) is 15.2. The summed E-state index contributed by atoms with van der Waals surface area (Å²) in [5.74, 6) is 0.886. The van der Waals surface area contributed by atoms with Crippen LogP contribution in [0, 0.1) is 11.3 Å². The fourth-order valence-electron chi connectivity index (χ4n) is 3.74. The number of nitrogens with zero attached hydrogens (tertiary/aromatic N) is 2. The number of aromatic nitrogens is 1. The Morgan fingerprint density at radius 1 is 0.906 bits per heavy atom. The molecule has 0 saturated heterocycles. The number of benzene rings is 2. The Balaban J connectivity index is 1.38. The first-order chi connectivity index (χ1) is 15.8. The number of unbranched alkanes of at least 4 members (excludes halogenated alkanes) is 9. The van der Waals surface area contributed by atoms with Crippen LogP contribution in [0.4, 0.5) is 0 Å². The second-order valence-corrected chi connectivity index (χ2v) is 9.29. The van der Waals surface area contributed by atoms with Crippen molar-refractivity contribution in [3.63, 3.8) is 0 Å². The van der Waals surface area contributed by atoms with Gasteiger partial charge < -0.3 is 4.74 Å². The average molecular weight is 447 g/mol. The van der Waals surface area contributed by atoms with Crippen LogP contribution in [-0.2, 0) is 0 Å². The van der Waals surface area contributed by atoms with Gasteiger partial charge in [0.15, 0.2) is 0 Å². The molecule has 0 fully saturated rings. The molecule has 0 atom stereocenters. The van der Waals surface area contributed by atoms with Crippen molar-refractivity contribution in [2.45, 2.75) is 71.1 Å². The van der Waals surface area contributed by atoms with Crippen LogP contribution >= 0.6 is 11.3 Å². The zero-order valence-electron chi connectivity index (χ0n) is 19.2. The van der Waals surface area contributed by atoms with E-state index in [4.69, 9.17) is 4.74 Å². The summed E-state index contributed by atoms with van der Waals surface area (Å²) in [4.78, 5) is 4.59. The van der Waals surface area contributed by atoms with E-state index in [2.05, 4.69) is 18.0 Å². The van der Waals surface area contributed by atoms with Gasteiger partial charge in [-0.1, -0.05) is 89.0 Å². The molecule has 0 aliphatic rings. The Morgan fingerprint density at radius 3 is 2.22 bits per heavy atom. The molecule has 3 rings (SSSR count). The monoisotopic (exact) mass is 446 g/mol. The number of thiazole rings is 1. The lowest BCUT2D eigenvalue weighted by atomic mass is 10.1. The predicted octanol–water partition coefficient (Wildman–Crippen LogP) is 8.66. The van der Waals surface area contributed by atoms with E-state index in [1.807, 2.05) is 54.6 Å². The third-order valence-corrected chi connectivity index (χ3v) is 6.67.